The summed E-state index contributed by atoms with van der Waals surface area (Å²) in [6, 6.07) is 13.0. The summed E-state index contributed by atoms with van der Waals surface area (Å²) in [4.78, 5) is 25.2. The Morgan fingerprint density at radius 1 is 1.19 bits per heavy atom. The highest BCUT2D eigenvalue weighted by Gasteiger charge is 2.23. The number of Topliss-reactive ketones (excluding diaryl/α,β-unsaturated/α-hetero) is 1. The maximum absolute atomic E-state index is 12.5. The van der Waals surface area contributed by atoms with Gasteiger partial charge in [0.05, 0.1) is 5.56 Å². The lowest BCUT2D eigenvalue weighted by Gasteiger charge is -2.17. The molecule has 0 spiro atoms. The number of rotatable bonds is 2. The Morgan fingerprint density at radius 2 is 2.00 bits per heavy atom. The number of ketones is 1. The lowest BCUT2D eigenvalue weighted by Crippen LogP contribution is -2.17. The van der Waals surface area contributed by atoms with Crippen molar-refractivity contribution in [1.29, 1.82) is 0 Å². The second-order valence-electron chi connectivity index (χ2n) is 5.03. The van der Waals surface area contributed by atoms with E-state index in [1.165, 1.54) is 0 Å². The number of amides is 1. The minimum Gasteiger partial charge on any atom is -0.322 e. The third-order valence-electron chi connectivity index (χ3n) is 3.41. The Balaban J connectivity index is 1.92. The minimum absolute atomic E-state index is 0.119. The fourth-order valence-corrected chi connectivity index (χ4v) is 3.54. The molecule has 1 heterocycles. The quantitative estimate of drug-likeness (QED) is 0.913. The zero-order valence-electron chi connectivity index (χ0n) is 11.7. The van der Waals surface area contributed by atoms with E-state index >= 15 is 0 Å². The molecule has 3 rings (SSSR count). The molecule has 3 nitrogen and oxygen atoms in total. The minimum atomic E-state index is -0.167. The van der Waals surface area contributed by atoms with Crippen LogP contribution in [0.25, 0.3) is 0 Å². The smallest absolute Gasteiger partial charge is 0.256 e. The highest BCUT2D eigenvalue weighted by molar-refractivity contribution is 7.99. The van der Waals surface area contributed by atoms with Gasteiger partial charge in [0.1, 0.15) is 0 Å². The Kier molecular flexibility index (Phi) is 3.80. The molecule has 21 heavy (non-hydrogen) atoms. The zero-order valence-corrected chi connectivity index (χ0v) is 12.5. The second-order valence-corrected chi connectivity index (χ2v) is 6.13. The highest BCUT2D eigenvalue weighted by Crippen LogP contribution is 2.33. The molecule has 1 N–H and O–H groups in total. The summed E-state index contributed by atoms with van der Waals surface area (Å²) in [5.74, 6) is 0.689. The van der Waals surface area contributed by atoms with Crippen LogP contribution in [0.1, 0.15) is 32.7 Å². The van der Waals surface area contributed by atoms with Gasteiger partial charge in [0, 0.05) is 28.3 Å². The van der Waals surface area contributed by atoms with Crippen molar-refractivity contribution in [3.63, 3.8) is 0 Å². The lowest BCUT2D eigenvalue weighted by molar-refractivity contribution is 0.0984. The number of hydrogen-bond donors (Lipinski definition) is 1. The molecule has 0 unspecified atom stereocenters. The van der Waals surface area contributed by atoms with E-state index in [1.807, 2.05) is 31.2 Å². The molecular weight excluding hydrogens is 282 g/mol. The summed E-state index contributed by atoms with van der Waals surface area (Å²) in [6.07, 6.45) is 0.542. The van der Waals surface area contributed by atoms with Gasteiger partial charge in [-0.25, -0.2) is 0 Å². The predicted octanol–water partition coefficient (Wildman–Crippen LogP) is 3.93. The molecule has 0 radical (unpaired) electrons. The Labute approximate surface area is 127 Å². The molecule has 0 atom stereocenters. The van der Waals surface area contributed by atoms with E-state index in [9.17, 15) is 9.59 Å². The standard InChI is InChI=1S/C17H15NO2S/c1-11-4-2-5-12(10-11)18-17(20)14-7-3-6-13-15(19)8-9-21-16(13)14/h2-7,10H,8-9H2,1H3,(H,18,20). The van der Waals surface area contributed by atoms with Gasteiger partial charge in [0.15, 0.2) is 5.78 Å². The van der Waals surface area contributed by atoms with Crippen LogP contribution in [-0.2, 0) is 0 Å². The van der Waals surface area contributed by atoms with Crippen molar-refractivity contribution in [1.82, 2.24) is 0 Å². The number of benzene rings is 2. The number of fused-ring (bicyclic) bond motifs is 1. The van der Waals surface area contributed by atoms with Gasteiger partial charge in [-0.1, -0.05) is 24.3 Å². The zero-order chi connectivity index (χ0) is 14.8. The fourth-order valence-electron chi connectivity index (χ4n) is 2.39. The monoisotopic (exact) mass is 297 g/mol. The highest BCUT2D eigenvalue weighted by atomic mass is 32.2. The number of nitrogens with one attached hydrogen (secondary N) is 1. The van der Waals surface area contributed by atoms with E-state index in [0.29, 0.717) is 17.5 Å². The van der Waals surface area contributed by atoms with Crippen molar-refractivity contribution >= 4 is 29.1 Å². The third-order valence-corrected chi connectivity index (χ3v) is 4.55. The maximum atomic E-state index is 12.5. The number of thioether (sulfide) groups is 1. The van der Waals surface area contributed by atoms with Crippen LogP contribution in [0.3, 0.4) is 0 Å². The van der Waals surface area contributed by atoms with Gasteiger partial charge in [0.25, 0.3) is 5.91 Å². The van der Waals surface area contributed by atoms with Gasteiger partial charge in [-0.2, -0.15) is 0 Å². The molecule has 1 amide bonds. The summed E-state index contributed by atoms with van der Waals surface area (Å²) < 4.78 is 0. The molecule has 4 heteroatoms. The fraction of sp³-hybridized carbons (Fsp3) is 0.176. The Bertz CT molecular complexity index is 724. The Morgan fingerprint density at radius 3 is 2.81 bits per heavy atom. The average Bonchev–Trinajstić information content (AvgIpc) is 2.47. The largest absolute Gasteiger partial charge is 0.322 e. The predicted molar refractivity (Wildman–Crippen MR) is 85.2 cm³/mol. The van der Waals surface area contributed by atoms with Gasteiger partial charge in [-0.15, -0.1) is 11.8 Å². The van der Waals surface area contributed by atoms with Crippen LogP contribution in [0, 0.1) is 6.92 Å². The maximum Gasteiger partial charge on any atom is 0.256 e. The normalized spacial score (nSPS) is 13.7. The molecule has 0 fully saturated rings. The molecule has 0 aliphatic carbocycles. The first-order valence-corrected chi connectivity index (χ1v) is 7.81. The van der Waals surface area contributed by atoms with Crippen molar-refractivity contribution in [3.8, 4) is 0 Å². The van der Waals surface area contributed by atoms with E-state index in [-0.39, 0.29) is 11.7 Å². The first-order chi connectivity index (χ1) is 10.1. The average molecular weight is 297 g/mol. The summed E-state index contributed by atoms with van der Waals surface area (Å²) in [5, 5.41) is 2.90. The SMILES string of the molecule is Cc1cccc(NC(=O)c2cccc3c2SCCC3=O)c1. The van der Waals surface area contributed by atoms with Gasteiger partial charge < -0.3 is 5.32 Å². The van der Waals surface area contributed by atoms with E-state index < -0.39 is 0 Å². The molecule has 2 aromatic rings. The Hall–Kier alpha value is -2.07. The van der Waals surface area contributed by atoms with Crippen molar-refractivity contribution in [3.05, 3.63) is 59.2 Å². The molecule has 1 aliphatic rings. The first-order valence-electron chi connectivity index (χ1n) is 6.82. The summed E-state index contributed by atoms with van der Waals surface area (Å²) in [7, 11) is 0. The van der Waals surface area contributed by atoms with Gasteiger partial charge in [-0.3, -0.25) is 9.59 Å². The molecule has 1 aliphatic heterocycles. The molecule has 0 aromatic heterocycles. The van der Waals surface area contributed by atoms with E-state index in [2.05, 4.69) is 5.32 Å². The van der Waals surface area contributed by atoms with Gasteiger partial charge in [0.2, 0.25) is 0 Å². The van der Waals surface area contributed by atoms with Gasteiger partial charge >= 0.3 is 0 Å². The van der Waals surface area contributed by atoms with Crippen LogP contribution in [0.4, 0.5) is 5.69 Å². The van der Waals surface area contributed by atoms with Crippen molar-refractivity contribution in [2.45, 2.75) is 18.2 Å². The molecule has 0 saturated carbocycles. The number of anilines is 1. The lowest BCUT2D eigenvalue weighted by atomic mass is 10.0. The van der Waals surface area contributed by atoms with Crippen LogP contribution in [0.2, 0.25) is 0 Å². The van der Waals surface area contributed by atoms with E-state index in [0.717, 1.165) is 21.9 Å². The topological polar surface area (TPSA) is 46.2 Å². The molecule has 106 valence electrons. The first kappa shape index (κ1) is 13.9. The number of aryl methyl sites for hydroxylation is 1. The number of hydrogen-bond acceptors (Lipinski definition) is 3. The number of carbonyl (C=O) groups excluding carboxylic acids is 2. The summed E-state index contributed by atoms with van der Waals surface area (Å²) >= 11 is 1.58. The summed E-state index contributed by atoms with van der Waals surface area (Å²) in [5.41, 5.74) is 3.10. The second kappa shape index (κ2) is 5.74. The van der Waals surface area contributed by atoms with E-state index in [1.54, 1.807) is 30.0 Å². The van der Waals surface area contributed by atoms with Crippen LogP contribution in [-0.4, -0.2) is 17.4 Å². The van der Waals surface area contributed by atoms with Crippen LogP contribution in [0.5, 0.6) is 0 Å². The molecule has 0 bridgehead atoms. The van der Waals surface area contributed by atoms with Gasteiger partial charge in [-0.05, 0) is 30.7 Å². The molecule has 2 aromatic carbocycles. The van der Waals surface area contributed by atoms with Crippen LogP contribution < -0.4 is 5.32 Å². The third kappa shape index (κ3) is 2.85. The molecular formula is C17H15NO2S. The van der Waals surface area contributed by atoms with E-state index in [4.69, 9.17) is 0 Å². The number of carbonyl (C=O) groups is 2. The molecule has 0 saturated heterocycles. The van der Waals surface area contributed by atoms with Crippen molar-refractivity contribution in [2.24, 2.45) is 0 Å². The van der Waals surface area contributed by atoms with Crippen molar-refractivity contribution < 1.29 is 9.59 Å². The summed E-state index contributed by atoms with van der Waals surface area (Å²) in [6.45, 7) is 1.98. The van der Waals surface area contributed by atoms with Crippen molar-refractivity contribution in [2.75, 3.05) is 11.1 Å². The van der Waals surface area contributed by atoms with Crippen LogP contribution >= 0.6 is 11.8 Å². The van der Waals surface area contributed by atoms with Crippen LogP contribution in [0.15, 0.2) is 47.4 Å².